The summed E-state index contributed by atoms with van der Waals surface area (Å²) >= 11 is 0. The summed E-state index contributed by atoms with van der Waals surface area (Å²) in [6.45, 7) is 1.42. The molecule has 2 aromatic heterocycles. The van der Waals surface area contributed by atoms with Gasteiger partial charge in [-0.3, -0.25) is 14.8 Å². The van der Waals surface area contributed by atoms with Crippen LogP contribution in [0.1, 0.15) is 6.42 Å². The maximum Gasteiger partial charge on any atom is 0.298 e. The zero-order valence-corrected chi connectivity index (χ0v) is 11.1. The van der Waals surface area contributed by atoms with E-state index in [-0.39, 0.29) is 11.2 Å². The van der Waals surface area contributed by atoms with Gasteiger partial charge in [-0.25, -0.2) is 0 Å². The van der Waals surface area contributed by atoms with Crippen molar-refractivity contribution < 1.29 is 9.34 Å². The van der Waals surface area contributed by atoms with Gasteiger partial charge in [0.2, 0.25) is 0 Å². The van der Waals surface area contributed by atoms with Gasteiger partial charge in [0.05, 0.1) is 4.92 Å². The molecule has 0 aliphatic heterocycles. The number of aryl methyl sites for hydroxylation is 1. The Hall–Kier alpha value is -2.90. The van der Waals surface area contributed by atoms with Crippen molar-refractivity contribution in [2.75, 3.05) is 11.9 Å². The molecular weight excluding hydrogens is 274 g/mol. The first-order chi connectivity index (χ1) is 10.2. The molecule has 0 atom stereocenters. The standard InChI is InChI=1S/C13H13N5O3/c19-18(20)10-4-1-5-11-12(10)16-13(21-11)14-6-2-8-17-9-3-7-15-17/h1,3-5,7,9H,2,6,8H2,(H,14,16). The second-order valence-corrected chi connectivity index (χ2v) is 4.45. The molecule has 0 saturated carbocycles. The second-order valence-electron chi connectivity index (χ2n) is 4.45. The Morgan fingerprint density at radius 2 is 2.29 bits per heavy atom. The smallest absolute Gasteiger partial charge is 0.298 e. The number of aromatic nitrogens is 3. The molecule has 8 nitrogen and oxygen atoms in total. The van der Waals surface area contributed by atoms with Gasteiger partial charge in [-0.2, -0.15) is 10.1 Å². The molecule has 108 valence electrons. The number of para-hydroxylation sites is 1. The number of benzene rings is 1. The van der Waals surface area contributed by atoms with Gasteiger partial charge in [-0.15, -0.1) is 0 Å². The maximum absolute atomic E-state index is 10.9. The summed E-state index contributed by atoms with van der Waals surface area (Å²) in [5.74, 6) is 0. The molecule has 0 amide bonds. The minimum absolute atomic E-state index is 0.0548. The molecule has 0 bridgehead atoms. The second kappa shape index (κ2) is 5.61. The Labute approximate surface area is 119 Å². The fraction of sp³-hybridized carbons (Fsp3) is 0.231. The SMILES string of the molecule is O=[N+]([O-])c1cccc2oc(NCCCn3cccn3)nc12. The molecule has 0 fully saturated rings. The lowest BCUT2D eigenvalue weighted by molar-refractivity contribution is -0.383. The van der Waals surface area contributed by atoms with Crippen LogP contribution in [0.3, 0.4) is 0 Å². The van der Waals surface area contributed by atoms with Crippen LogP contribution in [0.25, 0.3) is 11.1 Å². The van der Waals surface area contributed by atoms with E-state index in [9.17, 15) is 10.1 Å². The van der Waals surface area contributed by atoms with Crippen LogP contribution in [0.5, 0.6) is 0 Å². The number of non-ortho nitro benzene ring substituents is 1. The fourth-order valence-electron chi connectivity index (χ4n) is 2.03. The molecule has 2 heterocycles. The van der Waals surface area contributed by atoms with E-state index in [1.165, 1.54) is 6.07 Å². The average molecular weight is 287 g/mol. The lowest BCUT2D eigenvalue weighted by Gasteiger charge is -2.01. The molecule has 0 aliphatic carbocycles. The van der Waals surface area contributed by atoms with Crippen molar-refractivity contribution >= 4 is 22.8 Å². The molecule has 3 rings (SSSR count). The van der Waals surface area contributed by atoms with Crippen molar-refractivity contribution in [2.24, 2.45) is 0 Å². The number of oxazole rings is 1. The van der Waals surface area contributed by atoms with E-state index in [0.29, 0.717) is 18.1 Å². The molecule has 0 spiro atoms. The number of hydrogen-bond donors (Lipinski definition) is 1. The van der Waals surface area contributed by atoms with E-state index < -0.39 is 4.92 Å². The van der Waals surface area contributed by atoms with Crippen LogP contribution in [-0.2, 0) is 6.54 Å². The molecule has 0 radical (unpaired) electrons. The Bertz CT molecular complexity index is 750. The maximum atomic E-state index is 10.9. The molecule has 8 heteroatoms. The Kier molecular flexibility index (Phi) is 3.50. The number of nitro groups is 1. The quantitative estimate of drug-likeness (QED) is 0.424. The van der Waals surface area contributed by atoms with Gasteiger partial charge in [0, 0.05) is 31.5 Å². The van der Waals surface area contributed by atoms with Crippen LogP contribution in [0.2, 0.25) is 0 Å². The number of hydrogen-bond acceptors (Lipinski definition) is 6. The number of nitrogens with one attached hydrogen (secondary N) is 1. The number of rotatable bonds is 6. The summed E-state index contributed by atoms with van der Waals surface area (Å²) in [5.41, 5.74) is 0.608. The van der Waals surface area contributed by atoms with Crippen molar-refractivity contribution in [1.82, 2.24) is 14.8 Å². The van der Waals surface area contributed by atoms with Gasteiger partial charge < -0.3 is 9.73 Å². The van der Waals surface area contributed by atoms with Gasteiger partial charge in [-0.1, -0.05) is 6.07 Å². The first-order valence-electron chi connectivity index (χ1n) is 6.49. The summed E-state index contributed by atoms with van der Waals surface area (Å²) in [6, 6.07) is 6.80. The van der Waals surface area contributed by atoms with E-state index in [0.717, 1.165) is 13.0 Å². The Morgan fingerprint density at radius 3 is 3.05 bits per heavy atom. The van der Waals surface area contributed by atoms with E-state index in [2.05, 4.69) is 15.4 Å². The van der Waals surface area contributed by atoms with Crippen LogP contribution in [0.15, 0.2) is 41.1 Å². The van der Waals surface area contributed by atoms with Crippen LogP contribution < -0.4 is 5.32 Å². The largest absolute Gasteiger partial charge is 0.423 e. The number of fused-ring (bicyclic) bond motifs is 1. The van der Waals surface area contributed by atoms with Crippen molar-refractivity contribution in [1.29, 1.82) is 0 Å². The molecule has 1 aromatic carbocycles. The lowest BCUT2D eigenvalue weighted by Crippen LogP contribution is -2.07. The molecule has 21 heavy (non-hydrogen) atoms. The molecule has 0 saturated heterocycles. The van der Waals surface area contributed by atoms with E-state index in [1.54, 1.807) is 18.3 Å². The van der Waals surface area contributed by atoms with Crippen LogP contribution in [0.4, 0.5) is 11.7 Å². The zero-order chi connectivity index (χ0) is 14.7. The van der Waals surface area contributed by atoms with E-state index in [1.807, 2.05) is 16.9 Å². The van der Waals surface area contributed by atoms with Crippen LogP contribution in [-0.4, -0.2) is 26.2 Å². The van der Waals surface area contributed by atoms with Crippen LogP contribution in [0, 0.1) is 10.1 Å². The van der Waals surface area contributed by atoms with Gasteiger partial charge >= 0.3 is 0 Å². The first-order valence-corrected chi connectivity index (χ1v) is 6.49. The predicted octanol–water partition coefficient (Wildman–Crippen LogP) is 2.43. The highest BCUT2D eigenvalue weighted by Crippen LogP contribution is 2.27. The molecule has 1 N–H and O–H groups in total. The zero-order valence-electron chi connectivity index (χ0n) is 11.1. The van der Waals surface area contributed by atoms with Crippen molar-refractivity contribution in [2.45, 2.75) is 13.0 Å². The van der Waals surface area contributed by atoms with Gasteiger partial charge in [0.25, 0.3) is 11.7 Å². The van der Waals surface area contributed by atoms with Crippen molar-refractivity contribution in [3.05, 3.63) is 46.8 Å². The normalized spacial score (nSPS) is 10.9. The minimum Gasteiger partial charge on any atom is -0.423 e. The average Bonchev–Trinajstić information content (AvgIpc) is 3.11. The topological polar surface area (TPSA) is 99.0 Å². The van der Waals surface area contributed by atoms with Crippen molar-refractivity contribution in [3.63, 3.8) is 0 Å². The van der Waals surface area contributed by atoms with Gasteiger partial charge in [0.1, 0.15) is 0 Å². The summed E-state index contributed by atoms with van der Waals surface area (Å²) in [6.07, 6.45) is 4.46. The molecular formula is C13H13N5O3. The first kappa shape index (κ1) is 13.1. The summed E-state index contributed by atoms with van der Waals surface area (Å²) in [5, 5.41) is 18.0. The number of nitro benzene ring substituents is 1. The monoisotopic (exact) mass is 287 g/mol. The molecule has 0 unspecified atom stereocenters. The van der Waals surface area contributed by atoms with E-state index in [4.69, 9.17) is 4.42 Å². The molecule has 0 aliphatic rings. The minimum atomic E-state index is -0.466. The Morgan fingerprint density at radius 1 is 1.38 bits per heavy atom. The molecule has 3 aromatic rings. The highest BCUT2D eigenvalue weighted by atomic mass is 16.6. The highest BCUT2D eigenvalue weighted by molar-refractivity contribution is 5.83. The summed E-state index contributed by atoms with van der Waals surface area (Å²) < 4.78 is 7.28. The van der Waals surface area contributed by atoms with E-state index >= 15 is 0 Å². The highest BCUT2D eigenvalue weighted by Gasteiger charge is 2.16. The predicted molar refractivity (Wildman–Crippen MR) is 76.0 cm³/mol. The summed E-state index contributed by atoms with van der Waals surface area (Å²) in [4.78, 5) is 14.6. The van der Waals surface area contributed by atoms with Crippen molar-refractivity contribution in [3.8, 4) is 0 Å². The Balaban J connectivity index is 1.65. The number of anilines is 1. The van der Waals surface area contributed by atoms with Gasteiger partial charge in [0.15, 0.2) is 11.1 Å². The van der Waals surface area contributed by atoms with Gasteiger partial charge in [-0.05, 0) is 18.6 Å². The number of nitrogens with zero attached hydrogens (tertiary/aromatic N) is 4. The summed E-state index contributed by atoms with van der Waals surface area (Å²) in [7, 11) is 0. The third-order valence-electron chi connectivity index (χ3n) is 2.99. The third-order valence-corrected chi connectivity index (χ3v) is 2.99. The fourth-order valence-corrected chi connectivity index (χ4v) is 2.03. The lowest BCUT2D eigenvalue weighted by atomic mass is 10.3. The third kappa shape index (κ3) is 2.83. The van der Waals surface area contributed by atoms with Crippen LogP contribution >= 0.6 is 0 Å².